The molecule has 6 heteroatoms. The molecule has 0 spiro atoms. The molecule has 1 aromatic carbocycles. The summed E-state index contributed by atoms with van der Waals surface area (Å²) in [6, 6.07) is 5.32. The second-order valence-corrected chi connectivity index (χ2v) is 4.05. The third-order valence-electron chi connectivity index (χ3n) is 2.53. The second-order valence-electron chi connectivity index (χ2n) is 4.05. The molecular weight excluding hydrogens is 239 g/mol. The van der Waals surface area contributed by atoms with Gasteiger partial charge in [0.05, 0.1) is 19.6 Å². The van der Waals surface area contributed by atoms with Gasteiger partial charge < -0.3 is 0 Å². The van der Waals surface area contributed by atoms with Gasteiger partial charge in [0.1, 0.15) is 5.82 Å². The first-order valence-corrected chi connectivity index (χ1v) is 5.38. The van der Waals surface area contributed by atoms with Crippen LogP contribution in [0.5, 0.6) is 0 Å². The highest BCUT2D eigenvalue weighted by molar-refractivity contribution is 6.01. The Kier molecular flexibility index (Phi) is 3.47. The number of halogens is 1. The fraction of sp³-hybridized carbons (Fsp3) is 0.250. The van der Waals surface area contributed by atoms with Crippen LogP contribution in [0.4, 0.5) is 4.39 Å². The van der Waals surface area contributed by atoms with Crippen LogP contribution in [0, 0.1) is 5.82 Å². The standard InChI is InChI=1S/C12H11FN2O3/c13-9-3-1-2-8(4-9)10(16)5-15-6-11(17)14-12(18)7-15/h1-4H,5-7H2,(H,14,17,18). The van der Waals surface area contributed by atoms with Crippen molar-refractivity contribution in [3.8, 4) is 0 Å². The highest BCUT2D eigenvalue weighted by atomic mass is 19.1. The van der Waals surface area contributed by atoms with Gasteiger partial charge in [0.25, 0.3) is 0 Å². The molecule has 1 N–H and O–H groups in total. The molecule has 2 rings (SSSR count). The summed E-state index contributed by atoms with van der Waals surface area (Å²) in [6.07, 6.45) is 0. The molecule has 2 amide bonds. The Labute approximate surface area is 103 Å². The number of rotatable bonds is 3. The van der Waals surface area contributed by atoms with E-state index in [1.165, 1.54) is 23.1 Å². The van der Waals surface area contributed by atoms with Crippen molar-refractivity contribution in [2.75, 3.05) is 19.6 Å². The Bertz CT molecular complexity index is 500. The van der Waals surface area contributed by atoms with Crippen molar-refractivity contribution in [2.45, 2.75) is 0 Å². The highest BCUT2D eigenvalue weighted by Crippen LogP contribution is 2.06. The number of Topliss-reactive ketones (excluding diaryl/α,β-unsaturated/α-hetero) is 1. The van der Waals surface area contributed by atoms with E-state index in [2.05, 4.69) is 5.32 Å². The van der Waals surface area contributed by atoms with Gasteiger partial charge in [0.15, 0.2) is 5.78 Å². The summed E-state index contributed by atoms with van der Waals surface area (Å²) in [5.74, 6) is -1.68. The maximum atomic E-state index is 12.9. The molecule has 18 heavy (non-hydrogen) atoms. The third-order valence-corrected chi connectivity index (χ3v) is 2.53. The molecule has 1 saturated heterocycles. The average molecular weight is 250 g/mol. The summed E-state index contributed by atoms with van der Waals surface area (Å²) < 4.78 is 12.9. The number of hydrogen-bond acceptors (Lipinski definition) is 4. The van der Waals surface area contributed by atoms with E-state index in [9.17, 15) is 18.8 Å². The van der Waals surface area contributed by atoms with Gasteiger partial charge in [-0.25, -0.2) is 4.39 Å². The van der Waals surface area contributed by atoms with E-state index in [0.29, 0.717) is 0 Å². The number of amides is 2. The number of carbonyl (C=O) groups excluding carboxylic acids is 3. The fourth-order valence-electron chi connectivity index (χ4n) is 1.76. The van der Waals surface area contributed by atoms with Gasteiger partial charge in [-0.05, 0) is 12.1 Å². The van der Waals surface area contributed by atoms with Gasteiger partial charge in [-0.3, -0.25) is 24.6 Å². The smallest absolute Gasteiger partial charge is 0.240 e. The summed E-state index contributed by atoms with van der Waals surface area (Å²) in [5.41, 5.74) is 0.230. The van der Waals surface area contributed by atoms with Crippen molar-refractivity contribution >= 4 is 17.6 Å². The lowest BCUT2D eigenvalue weighted by Gasteiger charge is -2.24. The van der Waals surface area contributed by atoms with Crippen LogP contribution >= 0.6 is 0 Å². The van der Waals surface area contributed by atoms with Crippen LogP contribution in [-0.2, 0) is 9.59 Å². The largest absolute Gasteiger partial charge is 0.294 e. The van der Waals surface area contributed by atoms with Crippen molar-refractivity contribution in [1.82, 2.24) is 10.2 Å². The fourth-order valence-corrected chi connectivity index (χ4v) is 1.76. The van der Waals surface area contributed by atoms with Crippen LogP contribution in [0.2, 0.25) is 0 Å². The van der Waals surface area contributed by atoms with E-state index in [1.807, 2.05) is 0 Å². The topological polar surface area (TPSA) is 66.5 Å². The summed E-state index contributed by atoms with van der Waals surface area (Å²) in [5, 5.41) is 2.14. The molecule has 0 unspecified atom stereocenters. The predicted octanol–water partition coefficient (Wildman–Crippen LogP) is -0.0332. The number of ketones is 1. The molecule has 5 nitrogen and oxygen atoms in total. The zero-order valence-electron chi connectivity index (χ0n) is 9.48. The third kappa shape index (κ3) is 2.98. The van der Waals surface area contributed by atoms with Crippen molar-refractivity contribution in [3.05, 3.63) is 35.6 Å². The van der Waals surface area contributed by atoms with E-state index in [1.54, 1.807) is 0 Å². The van der Waals surface area contributed by atoms with E-state index in [0.717, 1.165) is 6.07 Å². The number of nitrogens with one attached hydrogen (secondary N) is 1. The van der Waals surface area contributed by atoms with Gasteiger partial charge in [-0.15, -0.1) is 0 Å². The Morgan fingerprint density at radius 3 is 2.56 bits per heavy atom. The Balaban J connectivity index is 2.03. The van der Waals surface area contributed by atoms with Gasteiger partial charge >= 0.3 is 0 Å². The molecule has 1 heterocycles. The molecule has 94 valence electrons. The molecule has 1 fully saturated rings. The number of imide groups is 1. The van der Waals surface area contributed by atoms with E-state index < -0.39 is 17.6 Å². The lowest BCUT2D eigenvalue weighted by Crippen LogP contribution is -2.52. The highest BCUT2D eigenvalue weighted by Gasteiger charge is 2.24. The Morgan fingerprint density at radius 1 is 1.28 bits per heavy atom. The average Bonchev–Trinajstić information content (AvgIpc) is 2.27. The minimum absolute atomic E-state index is 0.00715. The predicted molar refractivity (Wildman–Crippen MR) is 60.3 cm³/mol. The van der Waals surface area contributed by atoms with Crippen molar-refractivity contribution in [1.29, 1.82) is 0 Å². The van der Waals surface area contributed by atoms with Crippen molar-refractivity contribution in [2.24, 2.45) is 0 Å². The Morgan fingerprint density at radius 2 is 1.94 bits per heavy atom. The molecule has 0 aromatic heterocycles. The van der Waals surface area contributed by atoms with Gasteiger partial charge in [0.2, 0.25) is 11.8 Å². The van der Waals surface area contributed by atoms with E-state index >= 15 is 0 Å². The zero-order valence-corrected chi connectivity index (χ0v) is 9.48. The lowest BCUT2D eigenvalue weighted by atomic mass is 10.1. The lowest BCUT2D eigenvalue weighted by molar-refractivity contribution is -0.135. The zero-order chi connectivity index (χ0) is 13.1. The summed E-state index contributed by atoms with van der Waals surface area (Å²) in [4.78, 5) is 35.5. The van der Waals surface area contributed by atoms with Gasteiger partial charge in [-0.1, -0.05) is 12.1 Å². The summed E-state index contributed by atoms with van der Waals surface area (Å²) in [7, 11) is 0. The first-order valence-electron chi connectivity index (χ1n) is 5.38. The van der Waals surface area contributed by atoms with Gasteiger partial charge in [0, 0.05) is 5.56 Å². The SMILES string of the molecule is O=C1CN(CC(=O)c2cccc(F)c2)CC(=O)N1. The number of benzene rings is 1. The van der Waals surface area contributed by atoms with Crippen LogP contribution in [0.1, 0.15) is 10.4 Å². The maximum Gasteiger partial charge on any atom is 0.240 e. The molecule has 1 aliphatic heterocycles. The van der Waals surface area contributed by atoms with E-state index in [4.69, 9.17) is 0 Å². The number of piperazine rings is 1. The van der Waals surface area contributed by atoms with Crippen molar-refractivity contribution < 1.29 is 18.8 Å². The molecule has 0 bridgehead atoms. The monoisotopic (exact) mass is 250 g/mol. The quantitative estimate of drug-likeness (QED) is 0.604. The minimum Gasteiger partial charge on any atom is -0.294 e. The van der Waals surface area contributed by atoms with Gasteiger partial charge in [-0.2, -0.15) is 0 Å². The van der Waals surface area contributed by atoms with Crippen LogP contribution in [0.15, 0.2) is 24.3 Å². The van der Waals surface area contributed by atoms with Crippen LogP contribution in [0.25, 0.3) is 0 Å². The normalized spacial score (nSPS) is 16.5. The number of hydrogen-bond donors (Lipinski definition) is 1. The second kappa shape index (κ2) is 5.05. The molecule has 1 aliphatic rings. The number of nitrogens with zero attached hydrogens (tertiary/aromatic N) is 1. The van der Waals surface area contributed by atoms with Crippen LogP contribution in [-0.4, -0.2) is 42.1 Å². The van der Waals surface area contributed by atoms with Crippen LogP contribution in [0.3, 0.4) is 0 Å². The molecule has 1 aromatic rings. The summed E-state index contributed by atoms with van der Waals surface area (Å²) in [6.45, 7) is -0.0950. The Hall–Kier alpha value is -2.08. The molecule has 0 atom stereocenters. The number of carbonyl (C=O) groups is 3. The van der Waals surface area contributed by atoms with Crippen molar-refractivity contribution in [3.63, 3.8) is 0 Å². The molecular formula is C12H11FN2O3. The maximum absolute atomic E-state index is 12.9. The first kappa shape index (κ1) is 12.4. The molecule has 0 aliphatic carbocycles. The van der Waals surface area contributed by atoms with E-state index in [-0.39, 0.29) is 31.0 Å². The molecule has 0 saturated carbocycles. The molecule has 0 radical (unpaired) electrons. The summed E-state index contributed by atoms with van der Waals surface area (Å²) >= 11 is 0. The minimum atomic E-state index is -0.492. The van der Waals surface area contributed by atoms with Crippen LogP contribution < -0.4 is 5.32 Å². The first-order chi connectivity index (χ1) is 8.54.